The first-order valence-corrected chi connectivity index (χ1v) is 7.86. The van der Waals surface area contributed by atoms with Crippen LogP contribution in [0.4, 0.5) is 0 Å². The number of nitrogens with one attached hydrogen (secondary N) is 1. The van der Waals surface area contributed by atoms with Crippen molar-refractivity contribution in [3.8, 4) is 0 Å². The van der Waals surface area contributed by atoms with Crippen molar-refractivity contribution >= 4 is 5.97 Å². The number of benzene rings is 1. The Morgan fingerprint density at radius 1 is 1.33 bits per heavy atom. The van der Waals surface area contributed by atoms with Crippen LogP contribution in [0.2, 0.25) is 0 Å². The first-order chi connectivity index (χ1) is 10.1. The number of hydrogen-bond acceptors (Lipinski definition) is 3. The van der Waals surface area contributed by atoms with E-state index in [4.69, 9.17) is 0 Å². The van der Waals surface area contributed by atoms with E-state index in [1.807, 2.05) is 30.3 Å². The van der Waals surface area contributed by atoms with E-state index in [1.165, 1.54) is 25.7 Å². The summed E-state index contributed by atoms with van der Waals surface area (Å²) in [6, 6.07) is 10.0. The Morgan fingerprint density at radius 3 is 2.43 bits per heavy atom. The molecular weight excluding hydrogens is 264 g/mol. The van der Waals surface area contributed by atoms with Gasteiger partial charge in [0.25, 0.3) is 0 Å². The van der Waals surface area contributed by atoms with Gasteiger partial charge in [-0.05, 0) is 32.0 Å². The highest BCUT2D eigenvalue weighted by atomic mass is 16.4. The zero-order valence-electron chi connectivity index (χ0n) is 13.0. The molecular formula is C17H26N2O2. The number of nitrogens with zero attached hydrogens (tertiary/aromatic N) is 1. The fourth-order valence-electron chi connectivity index (χ4n) is 3.41. The van der Waals surface area contributed by atoms with E-state index in [0.29, 0.717) is 12.6 Å². The molecule has 116 valence electrons. The molecule has 1 saturated carbocycles. The smallest absolute Gasteiger partial charge is 0.329 e. The Hall–Kier alpha value is -1.39. The Morgan fingerprint density at radius 2 is 1.95 bits per heavy atom. The fraction of sp³-hybridized carbons (Fsp3) is 0.588. The molecule has 1 aromatic carbocycles. The highest BCUT2D eigenvalue weighted by molar-refractivity contribution is 5.81. The summed E-state index contributed by atoms with van der Waals surface area (Å²) in [6.45, 7) is 3.50. The lowest BCUT2D eigenvalue weighted by Crippen LogP contribution is -2.56. The Kier molecular flexibility index (Phi) is 5.37. The first kappa shape index (κ1) is 16.0. The van der Waals surface area contributed by atoms with E-state index < -0.39 is 11.5 Å². The van der Waals surface area contributed by atoms with Crippen molar-refractivity contribution in [3.05, 3.63) is 35.9 Å². The molecule has 0 aliphatic heterocycles. The van der Waals surface area contributed by atoms with E-state index in [2.05, 4.69) is 17.1 Å². The molecule has 0 amide bonds. The molecule has 1 aromatic rings. The van der Waals surface area contributed by atoms with E-state index in [9.17, 15) is 9.90 Å². The van der Waals surface area contributed by atoms with Crippen molar-refractivity contribution in [1.29, 1.82) is 0 Å². The first-order valence-electron chi connectivity index (χ1n) is 7.86. The molecule has 2 rings (SSSR count). The number of carboxylic acid groups (broad SMARTS) is 1. The molecule has 0 spiro atoms. The van der Waals surface area contributed by atoms with Crippen LogP contribution in [0.3, 0.4) is 0 Å². The highest BCUT2D eigenvalue weighted by Gasteiger charge is 2.41. The molecule has 4 nitrogen and oxygen atoms in total. The average molecular weight is 290 g/mol. The molecule has 1 aliphatic carbocycles. The van der Waals surface area contributed by atoms with E-state index in [0.717, 1.165) is 12.1 Å². The molecule has 2 N–H and O–H groups in total. The number of carboxylic acids is 1. The van der Waals surface area contributed by atoms with Crippen molar-refractivity contribution in [2.45, 2.75) is 44.2 Å². The molecule has 0 aromatic heterocycles. The van der Waals surface area contributed by atoms with Gasteiger partial charge in [-0.3, -0.25) is 4.90 Å². The van der Waals surface area contributed by atoms with Gasteiger partial charge in [0.1, 0.15) is 0 Å². The van der Waals surface area contributed by atoms with Gasteiger partial charge in [-0.1, -0.05) is 50.1 Å². The molecule has 4 heteroatoms. The summed E-state index contributed by atoms with van der Waals surface area (Å²) < 4.78 is 0. The molecule has 1 unspecified atom stereocenters. The third-order valence-corrected chi connectivity index (χ3v) is 4.75. The molecule has 21 heavy (non-hydrogen) atoms. The lowest BCUT2D eigenvalue weighted by Gasteiger charge is -2.37. The lowest BCUT2D eigenvalue weighted by atomic mass is 9.88. The largest absolute Gasteiger partial charge is 0.480 e. The van der Waals surface area contributed by atoms with E-state index >= 15 is 0 Å². The predicted octanol–water partition coefficient (Wildman–Crippen LogP) is 2.45. The van der Waals surface area contributed by atoms with Crippen molar-refractivity contribution in [1.82, 2.24) is 10.2 Å². The van der Waals surface area contributed by atoms with Crippen LogP contribution in [-0.4, -0.2) is 42.2 Å². The van der Waals surface area contributed by atoms with Crippen molar-refractivity contribution < 1.29 is 9.90 Å². The predicted molar refractivity (Wildman–Crippen MR) is 84.3 cm³/mol. The minimum atomic E-state index is -1.04. The molecule has 0 radical (unpaired) electrons. The maximum atomic E-state index is 12.0. The van der Waals surface area contributed by atoms with Gasteiger partial charge in [0.05, 0.1) is 0 Å². The van der Waals surface area contributed by atoms with Gasteiger partial charge in [-0.2, -0.15) is 0 Å². The summed E-state index contributed by atoms with van der Waals surface area (Å²) in [5, 5.41) is 13.0. The normalized spacial score (nSPS) is 18.8. The fourth-order valence-corrected chi connectivity index (χ4v) is 3.41. The monoisotopic (exact) mass is 290 g/mol. The van der Waals surface area contributed by atoms with Gasteiger partial charge >= 0.3 is 5.97 Å². The third kappa shape index (κ3) is 3.27. The Bertz CT molecular complexity index is 457. The molecule has 1 fully saturated rings. The lowest BCUT2D eigenvalue weighted by molar-refractivity contribution is -0.146. The van der Waals surface area contributed by atoms with Crippen molar-refractivity contribution in [2.24, 2.45) is 0 Å². The SMILES string of the molecule is CCN(CC(NC)(C(=O)O)c1ccccc1)C1CCCC1. The van der Waals surface area contributed by atoms with Crippen LogP contribution in [-0.2, 0) is 10.3 Å². The number of likely N-dealkylation sites (N-methyl/N-ethyl adjacent to an activating group) is 2. The van der Waals surface area contributed by atoms with Crippen LogP contribution in [0.1, 0.15) is 38.2 Å². The van der Waals surface area contributed by atoms with Gasteiger partial charge in [0.2, 0.25) is 0 Å². The molecule has 1 aliphatic rings. The summed E-state index contributed by atoms with van der Waals surface area (Å²) >= 11 is 0. The second-order valence-electron chi connectivity index (χ2n) is 5.83. The molecule has 0 saturated heterocycles. The molecule has 0 heterocycles. The average Bonchev–Trinajstić information content (AvgIpc) is 3.04. The van der Waals surface area contributed by atoms with Crippen LogP contribution in [0.15, 0.2) is 30.3 Å². The van der Waals surface area contributed by atoms with Crippen LogP contribution in [0.5, 0.6) is 0 Å². The van der Waals surface area contributed by atoms with Gasteiger partial charge in [-0.25, -0.2) is 4.79 Å². The topological polar surface area (TPSA) is 52.6 Å². The number of hydrogen-bond donors (Lipinski definition) is 2. The summed E-state index contributed by atoms with van der Waals surface area (Å²) in [6.07, 6.45) is 4.88. The van der Waals surface area contributed by atoms with Gasteiger partial charge in [0.15, 0.2) is 5.54 Å². The Labute approximate surface area is 127 Å². The minimum Gasteiger partial charge on any atom is -0.480 e. The van der Waals surface area contributed by atoms with Crippen LogP contribution in [0, 0.1) is 0 Å². The minimum absolute atomic E-state index is 0.504. The van der Waals surface area contributed by atoms with Gasteiger partial charge < -0.3 is 10.4 Å². The summed E-state index contributed by atoms with van der Waals surface area (Å²) in [4.78, 5) is 14.4. The van der Waals surface area contributed by atoms with Crippen LogP contribution in [0.25, 0.3) is 0 Å². The third-order valence-electron chi connectivity index (χ3n) is 4.75. The second kappa shape index (κ2) is 7.05. The number of aliphatic carboxylic acids is 1. The van der Waals surface area contributed by atoms with E-state index in [1.54, 1.807) is 7.05 Å². The number of rotatable bonds is 7. The summed E-state index contributed by atoms with van der Waals surface area (Å²) in [5.41, 5.74) is -0.226. The highest BCUT2D eigenvalue weighted by Crippen LogP contribution is 2.28. The molecule has 1 atom stereocenters. The van der Waals surface area contributed by atoms with Gasteiger partial charge in [0, 0.05) is 12.6 Å². The summed E-state index contributed by atoms with van der Waals surface area (Å²) in [5.74, 6) is -0.812. The second-order valence-corrected chi connectivity index (χ2v) is 5.83. The van der Waals surface area contributed by atoms with Crippen molar-refractivity contribution in [2.75, 3.05) is 20.1 Å². The number of carbonyl (C=O) groups is 1. The summed E-state index contributed by atoms with van der Waals surface area (Å²) in [7, 11) is 1.74. The van der Waals surface area contributed by atoms with Crippen molar-refractivity contribution in [3.63, 3.8) is 0 Å². The maximum absolute atomic E-state index is 12.0. The zero-order chi connectivity index (χ0) is 15.3. The van der Waals surface area contributed by atoms with Crippen LogP contribution < -0.4 is 5.32 Å². The quantitative estimate of drug-likeness (QED) is 0.810. The zero-order valence-corrected chi connectivity index (χ0v) is 13.0. The van der Waals surface area contributed by atoms with E-state index in [-0.39, 0.29) is 0 Å². The Balaban J connectivity index is 2.29. The van der Waals surface area contributed by atoms with Crippen LogP contribution >= 0.6 is 0 Å². The standard InChI is InChI=1S/C17H26N2O2/c1-3-19(15-11-7-8-12-15)13-17(18-2,16(20)21)14-9-5-4-6-10-14/h4-6,9-10,15,18H,3,7-8,11-13H2,1-2H3,(H,20,21). The van der Waals surface area contributed by atoms with Gasteiger partial charge in [-0.15, -0.1) is 0 Å². The molecule has 0 bridgehead atoms. The maximum Gasteiger partial charge on any atom is 0.329 e.